The third-order valence-electron chi connectivity index (χ3n) is 3.31. The van der Waals surface area contributed by atoms with Crippen LogP contribution in [0.3, 0.4) is 0 Å². The van der Waals surface area contributed by atoms with Crippen molar-refractivity contribution >= 4 is 21.6 Å². The molecule has 0 radical (unpaired) electrons. The van der Waals surface area contributed by atoms with Gasteiger partial charge in [-0.15, -0.1) is 0 Å². The van der Waals surface area contributed by atoms with Gasteiger partial charge in [-0.05, 0) is 43.7 Å². The summed E-state index contributed by atoms with van der Waals surface area (Å²) in [6.45, 7) is 4.97. The zero-order valence-corrected chi connectivity index (χ0v) is 14.1. The van der Waals surface area contributed by atoms with Gasteiger partial charge in [0.05, 0.1) is 4.90 Å². The first kappa shape index (κ1) is 17.4. The number of sulfonamides is 1. The van der Waals surface area contributed by atoms with E-state index in [2.05, 4.69) is 5.32 Å². The van der Waals surface area contributed by atoms with Crippen LogP contribution in [-0.4, -0.2) is 33.4 Å². The Morgan fingerprint density at radius 3 is 2.55 bits per heavy atom. The Morgan fingerprint density at radius 2 is 2.00 bits per heavy atom. The number of hydrogen-bond acceptors (Lipinski definition) is 3. The summed E-state index contributed by atoms with van der Waals surface area (Å²) in [4.78, 5) is 0.300. The number of benzene rings is 1. The van der Waals surface area contributed by atoms with Gasteiger partial charge in [-0.25, -0.2) is 12.7 Å². The molecule has 20 heavy (non-hydrogen) atoms. The Balaban J connectivity index is 3.24. The summed E-state index contributed by atoms with van der Waals surface area (Å²) in [6.07, 6.45) is 1.80. The summed E-state index contributed by atoms with van der Waals surface area (Å²) in [5.74, 6) is 0. The maximum Gasteiger partial charge on any atom is 0.243 e. The zero-order valence-electron chi connectivity index (χ0n) is 12.5. The standard InChI is InChI=1S/C14H23ClN2O2S/c1-5-6-7-17(4)20(18,19)14-9-13(15)8-12(10-16-3)11(14)2/h8-9,16H,5-7,10H2,1-4H3. The normalized spacial score (nSPS) is 12.1. The van der Waals surface area contributed by atoms with Crippen LogP contribution in [-0.2, 0) is 16.6 Å². The monoisotopic (exact) mass is 318 g/mol. The minimum absolute atomic E-state index is 0.300. The molecule has 0 heterocycles. The molecule has 0 saturated carbocycles. The lowest BCUT2D eigenvalue weighted by Gasteiger charge is -2.20. The molecule has 0 atom stereocenters. The molecular weight excluding hydrogens is 296 g/mol. The van der Waals surface area contributed by atoms with Gasteiger partial charge in [-0.2, -0.15) is 0 Å². The molecule has 1 N–H and O–H groups in total. The van der Waals surface area contributed by atoms with E-state index in [1.807, 2.05) is 20.9 Å². The number of halogens is 1. The summed E-state index contributed by atoms with van der Waals surface area (Å²) in [5.41, 5.74) is 1.66. The summed E-state index contributed by atoms with van der Waals surface area (Å²) in [7, 11) is -0.0486. The summed E-state index contributed by atoms with van der Waals surface area (Å²) >= 11 is 6.06. The van der Waals surface area contributed by atoms with Gasteiger partial charge in [0.1, 0.15) is 0 Å². The third-order valence-corrected chi connectivity index (χ3v) is 5.52. The molecule has 4 nitrogen and oxygen atoms in total. The van der Waals surface area contributed by atoms with Crippen LogP contribution >= 0.6 is 11.6 Å². The number of nitrogens with one attached hydrogen (secondary N) is 1. The van der Waals surface area contributed by atoms with Crippen molar-refractivity contribution < 1.29 is 8.42 Å². The second kappa shape index (κ2) is 7.41. The first-order valence-corrected chi connectivity index (χ1v) is 8.56. The lowest BCUT2D eigenvalue weighted by molar-refractivity contribution is 0.459. The van der Waals surface area contributed by atoms with Crippen molar-refractivity contribution in [2.45, 2.75) is 38.1 Å². The van der Waals surface area contributed by atoms with Gasteiger partial charge in [-0.3, -0.25) is 0 Å². The molecule has 0 bridgehead atoms. The van der Waals surface area contributed by atoms with E-state index in [4.69, 9.17) is 11.6 Å². The quantitative estimate of drug-likeness (QED) is 0.841. The zero-order chi connectivity index (χ0) is 15.3. The summed E-state index contributed by atoms with van der Waals surface area (Å²) < 4.78 is 26.6. The molecule has 1 rings (SSSR count). The predicted octanol–water partition coefficient (Wildman–Crippen LogP) is 2.79. The molecule has 114 valence electrons. The van der Waals surface area contributed by atoms with Crippen LogP contribution in [0.5, 0.6) is 0 Å². The molecule has 0 unspecified atom stereocenters. The van der Waals surface area contributed by atoms with Crippen LogP contribution in [0.1, 0.15) is 30.9 Å². The number of hydrogen-bond donors (Lipinski definition) is 1. The highest BCUT2D eigenvalue weighted by atomic mass is 35.5. The number of unbranched alkanes of at least 4 members (excludes halogenated alkanes) is 1. The molecule has 0 saturated heterocycles. The number of nitrogens with zero attached hydrogens (tertiary/aromatic N) is 1. The summed E-state index contributed by atoms with van der Waals surface area (Å²) in [6, 6.07) is 3.34. The minimum Gasteiger partial charge on any atom is -0.316 e. The molecule has 0 amide bonds. The van der Waals surface area contributed by atoms with Crippen molar-refractivity contribution in [3.63, 3.8) is 0 Å². The Kier molecular flexibility index (Phi) is 6.45. The fourth-order valence-corrected chi connectivity index (χ4v) is 3.82. The second-order valence-electron chi connectivity index (χ2n) is 4.90. The van der Waals surface area contributed by atoms with Crippen LogP contribution in [0.2, 0.25) is 5.02 Å². The van der Waals surface area contributed by atoms with Gasteiger partial charge in [0.2, 0.25) is 10.0 Å². The fourth-order valence-electron chi connectivity index (χ4n) is 2.02. The van der Waals surface area contributed by atoms with E-state index in [0.717, 1.165) is 24.0 Å². The molecule has 0 aromatic heterocycles. The van der Waals surface area contributed by atoms with Gasteiger partial charge in [0.15, 0.2) is 0 Å². The van der Waals surface area contributed by atoms with Crippen molar-refractivity contribution in [3.05, 3.63) is 28.3 Å². The molecule has 0 aliphatic heterocycles. The minimum atomic E-state index is -3.48. The van der Waals surface area contributed by atoms with Crippen molar-refractivity contribution in [1.29, 1.82) is 0 Å². The van der Waals surface area contributed by atoms with Gasteiger partial charge in [-0.1, -0.05) is 24.9 Å². The van der Waals surface area contributed by atoms with E-state index in [0.29, 0.717) is 23.0 Å². The van der Waals surface area contributed by atoms with Crippen LogP contribution in [0.4, 0.5) is 0 Å². The third kappa shape index (κ3) is 3.95. The van der Waals surface area contributed by atoms with Crippen LogP contribution in [0, 0.1) is 6.92 Å². The second-order valence-corrected chi connectivity index (χ2v) is 7.35. The first-order valence-electron chi connectivity index (χ1n) is 6.74. The first-order chi connectivity index (χ1) is 9.34. The molecule has 1 aromatic rings. The molecule has 0 aliphatic rings. The van der Waals surface area contributed by atoms with Crippen molar-refractivity contribution in [2.75, 3.05) is 20.6 Å². The lowest BCUT2D eigenvalue weighted by Crippen LogP contribution is -2.29. The Hall–Kier alpha value is -0.620. The van der Waals surface area contributed by atoms with E-state index in [1.165, 1.54) is 10.4 Å². The Labute approximate surface area is 127 Å². The smallest absolute Gasteiger partial charge is 0.243 e. The van der Waals surface area contributed by atoms with Gasteiger partial charge in [0, 0.05) is 25.2 Å². The van der Waals surface area contributed by atoms with Crippen molar-refractivity contribution in [2.24, 2.45) is 0 Å². The van der Waals surface area contributed by atoms with Crippen LogP contribution in [0.25, 0.3) is 0 Å². The van der Waals surface area contributed by atoms with E-state index in [1.54, 1.807) is 13.1 Å². The van der Waals surface area contributed by atoms with Gasteiger partial charge >= 0.3 is 0 Å². The average Bonchev–Trinajstić information content (AvgIpc) is 2.39. The molecular formula is C14H23ClN2O2S. The van der Waals surface area contributed by atoms with E-state index in [-0.39, 0.29) is 0 Å². The maximum absolute atomic E-state index is 12.6. The van der Waals surface area contributed by atoms with Crippen molar-refractivity contribution in [1.82, 2.24) is 9.62 Å². The maximum atomic E-state index is 12.6. The van der Waals surface area contributed by atoms with Crippen LogP contribution in [0.15, 0.2) is 17.0 Å². The molecule has 0 spiro atoms. The largest absolute Gasteiger partial charge is 0.316 e. The van der Waals surface area contributed by atoms with Gasteiger partial charge < -0.3 is 5.32 Å². The molecule has 0 aliphatic carbocycles. The van der Waals surface area contributed by atoms with Crippen molar-refractivity contribution in [3.8, 4) is 0 Å². The average molecular weight is 319 g/mol. The van der Waals surface area contributed by atoms with E-state index < -0.39 is 10.0 Å². The SMILES string of the molecule is CCCCN(C)S(=O)(=O)c1cc(Cl)cc(CNC)c1C. The Bertz CT molecular complexity index is 559. The number of rotatable bonds is 7. The highest BCUT2D eigenvalue weighted by Gasteiger charge is 2.24. The molecule has 6 heteroatoms. The molecule has 0 fully saturated rings. The fraction of sp³-hybridized carbons (Fsp3) is 0.571. The topological polar surface area (TPSA) is 49.4 Å². The Morgan fingerprint density at radius 1 is 1.35 bits per heavy atom. The van der Waals surface area contributed by atoms with E-state index >= 15 is 0 Å². The lowest BCUT2D eigenvalue weighted by atomic mass is 10.1. The van der Waals surface area contributed by atoms with E-state index in [9.17, 15) is 8.42 Å². The van der Waals surface area contributed by atoms with Crippen LogP contribution < -0.4 is 5.32 Å². The highest BCUT2D eigenvalue weighted by Crippen LogP contribution is 2.26. The predicted molar refractivity (Wildman–Crippen MR) is 83.7 cm³/mol. The molecule has 1 aromatic carbocycles. The summed E-state index contributed by atoms with van der Waals surface area (Å²) in [5, 5.41) is 3.47. The highest BCUT2D eigenvalue weighted by molar-refractivity contribution is 7.89. The van der Waals surface area contributed by atoms with Gasteiger partial charge in [0.25, 0.3) is 0 Å².